The molecule has 1 atom stereocenters. The van der Waals surface area contributed by atoms with E-state index in [9.17, 15) is 0 Å². The van der Waals surface area contributed by atoms with Crippen LogP contribution in [0.4, 0.5) is 0 Å². The van der Waals surface area contributed by atoms with E-state index < -0.39 is 0 Å². The molecule has 1 heterocycles. The van der Waals surface area contributed by atoms with E-state index in [0.29, 0.717) is 6.17 Å². The van der Waals surface area contributed by atoms with Crippen molar-refractivity contribution in [1.82, 2.24) is 9.80 Å². The molecule has 0 aromatic heterocycles. The lowest BCUT2D eigenvalue weighted by molar-refractivity contribution is 0.138. The number of hydrogen-bond acceptors (Lipinski definition) is 2. The largest absolute Gasteiger partial charge is 0.356 e. The summed E-state index contributed by atoms with van der Waals surface area (Å²) in [6.07, 6.45) is 17.4. The number of unbranched alkanes of at least 4 members (excludes halogenated alkanes) is 5. The van der Waals surface area contributed by atoms with E-state index in [1.807, 2.05) is 0 Å². The molecule has 0 radical (unpaired) electrons. The highest BCUT2D eigenvalue weighted by molar-refractivity contribution is 4.96. The van der Waals surface area contributed by atoms with Gasteiger partial charge in [0.1, 0.15) is 6.17 Å². The van der Waals surface area contributed by atoms with Gasteiger partial charge in [0, 0.05) is 25.5 Å². The first-order valence-corrected chi connectivity index (χ1v) is 8.53. The molecule has 0 saturated heterocycles. The molecule has 0 aromatic carbocycles. The minimum absolute atomic E-state index is 0.641. The van der Waals surface area contributed by atoms with Crippen LogP contribution in [0, 0.1) is 0 Å². The highest BCUT2D eigenvalue weighted by Gasteiger charge is 2.24. The smallest absolute Gasteiger partial charge is 0.101 e. The molecule has 112 valence electrons. The van der Waals surface area contributed by atoms with Crippen molar-refractivity contribution >= 4 is 0 Å². The Balaban J connectivity index is 2.29. The first-order valence-electron chi connectivity index (χ1n) is 8.53. The van der Waals surface area contributed by atoms with Crippen LogP contribution in [-0.4, -0.2) is 29.1 Å². The van der Waals surface area contributed by atoms with Crippen molar-refractivity contribution in [3.05, 3.63) is 12.4 Å². The van der Waals surface area contributed by atoms with Crippen LogP contribution >= 0.6 is 0 Å². The maximum atomic E-state index is 2.57. The van der Waals surface area contributed by atoms with Crippen molar-refractivity contribution in [3.8, 4) is 0 Å². The van der Waals surface area contributed by atoms with E-state index in [4.69, 9.17) is 0 Å². The van der Waals surface area contributed by atoms with Gasteiger partial charge in [-0.3, -0.25) is 0 Å². The van der Waals surface area contributed by atoms with E-state index in [1.54, 1.807) is 0 Å². The van der Waals surface area contributed by atoms with Crippen molar-refractivity contribution in [2.24, 2.45) is 0 Å². The molecule has 19 heavy (non-hydrogen) atoms. The lowest BCUT2D eigenvalue weighted by atomic mass is 10.1. The fourth-order valence-electron chi connectivity index (χ4n) is 2.84. The fourth-order valence-corrected chi connectivity index (χ4v) is 2.84. The van der Waals surface area contributed by atoms with Crippen LogP contribution in [0.5, 0.6) is 0 Å². The van der Waals surface area contributed by atoms with Gasteiger partial charge in [-0.15, -0.1) is 0 Å². The van der Waals surface area contributed by atoms with Crippen molar-refractivity contribution < 1.29 is 0 Å². The number of rotatable bonds is 11. The average molecular weight is 266 g/mol. The second kappa shape index (κ2) is 10.2. The van der Waals surface area contributed by atoms with Crippen molar-refractivity contribution in [2.75, 3.05) is 13.1 Å². The zero-order valence-corrected chi connectivity index (χ0v) is 13.4. The standard InChI is InChI=1S/C17H34N2/c1-4-7-9-10-11-14-19-16-15-18(13-8-5-2)17(19)12-6-3/h15-17H,4-14H2,1-3H3. The third-order valence-electron chi connectivity index (χ3n) is 4.05. The molecule has 0 saturated carbocycles. The Hall–Kier alpha value is -0.660. The molecule has 0 amide bonds. The highest BCUT2D eigenvalue weighted by Crippen LogP contribution is 2.21. The van der Waals surface area contributed by atoms with Gasteiger partial charge in [-0.2, -0.15) is 0 Å². The van der Waals surface area contributed by atoms with Crippen molar-refractivity contribution in [2.45, 2.75) is 84.7 Å². The molecule has 2 nitrogen and oxygen atoms in total. The topological polar surface area (TPSA) is 6.48 Å². The SMILES string of the molecule is CCCCCCCN1C=CN(CCCC)C1CCC. The van der Waals surface area contributed by atoms with Crippen LogP contribution < -0.4 is 0 Å². The first kappa shape index (κ1) is 16.4. The van der Waals surface area contributed by atoms with Crippen LogP contribution in [0.2, 0.25) is 0 Å². The molecule has 1 rings (SSSR count). The van der Waals surface area contributed by atoms with Crippen LogP contribution in [0.1, 0.15) is 78.6 Å². The van der Waals surface area contributed by atoms with Crippen LogP contribution in [0.15, 0.2) is 12.4 Å². The van der Waals surface area contributed by atoms with Crippen molar-refractivity contribution in [1.29, 1.82) is 0 Å². The van der Waals surface area contributed by atoms with E-state index in [1.165, 1.54) is 70.9 Å². The van der Waals surface area contributed by atoms with Gasteiger partial charge in [0.15, 0.2) is 0 Å². The van der Waals surface area contributed by atoms with Crippen LogP contribution in [0.25, 0.3) is 0 Å². The lowest BCUT2D eigenvalue weighted by Crippen LogP contribution is -2.39. The summed E-state index contributed by atoms with van der Waals surface area (Å²) in [6.45, 7) is 9.33. The monoisotopic (exact) mass is 266 g/mol. The minimum Gasteiger partial charge on any atom is -0.356 e. The Labute approximate surface area is 120 Å². The Morgan fingerprint density at radius 3 is 1.84 bits per heavy atom. The minimum atomic E-state index is 0.641. The maximum Gasteiger partial charge on any atom is 0.101 e. The fraction of sp³-hybridized carbons (Fsp3) is 0.882. The third-order valence-corrected chi connectivity index (χ3v) is 4.05. The van der Waals surface area contributed by atoms with Gasteiger partial charge >= 0.3 is 0 Å². The first-order chi connectivity index (χ1) is 9.33. The summed E-state index contributed by atoms with van der Waals surface area (Å²) in [5.41, 5.74) is 0. The summed E-state index contributed by atoms with van der Waals surface area (Å²) in [7, 11) is 0. The van der Waals surface area contributed by atoms with Gasteiger partial charge < -0.3 is 9.80 Å². The summed E-state index contributed by atoms with van der Waals surface area (Å²) in [4.78, 5) is 5.13. The summed E-state index contributed by atoms with van der Waals surface area (Å²) in [6, 6.07) is 0. The summed E-state index contributed by atoms with van der Waals surface area (Å²) < 4.78 is 0. The van der Waals surface area contributed by atoms with Gasteiger partial charge in [-0.1, -0.05) is 59.3 Å². The maximum absolute atomic E-state index is 2.57. The van der Waals surface area contributed by atoms with Gasteiger partial charge in [0.25, 0.3) is 0 Å². The molecular formula is C17H34N2. The van der Waals surface area contributed by atoms with Gasteiger partial charge in [0.05, 0.1) is 0 Å². The van der Waals surface area contributed by atoms with Crippen LogP contribution in [0.3, 0.4) is 0 Å². The van der Waals surface area contributed by atoms with Gasteiger partial charge in [0.2, 0.25) is 0 Å². The highest BCUT2D eigenvalue weighted by atomic mass is 15.4. The van der Waals surface area contributed by atoms with Crippen LogP contribution in [-0.2, 0) is 0 Å². The average Bonchev–Trinajstić information content (AvgIpc) is 2.79. The second-order valence-electron chi connectivity index (χ2n) is 5.81. The normalized spacial score (nSPS) is 18.6. The predicted molar refractivity (Wildman–Crippen MR) is 84.9 cm³/mol. The van der Waals surface area contributed by atoms with E-state index in [-0.39, 0.29) is 0 Å². The Morgan fingerprint density at radius 1 is 0.684 bits per heavy atom. The second-order valence-corrected chi connectivity index (χ2v) is 5.81. The molecule has 1 unspecified atom stereocenters. The Bertz CT molecular complexity index is 237. The molecule has 0 fully saturated rings. The molecule has 0 N–H and O–H groups in total. The zero-order chi connectivity index (χ0) is 13.9. The summed E-state index contributed by atoms with van der Waals surface area (Å²) in [5, 5.41) is 0. The third kappa shape index (κ3) is 5.88. The van der Waals surface area contributed by atoms with E-state index in [2.05, 4.69) is 43.0 Å². The van der Waals surface area contributed by atoms with Gasteiger partial charge in [-0.25, -0.2) is 0 Å². The van der Waals surface area contributed by atoms with Crippen molar-refractivity contribution in [3.63, 3.8) is 0 Å². The van der Waals surface area contributed by atoms with E-state index >= 15 is 0 Å². The summed E-state index contributed by atoms with van der Waals surface area (Å²) in [5.74, 6) is 0. The number of nitrogens with zero attached hydrogens (tertiary/aromatic N) is 2. The predicted octanol–water partition coefficient (Wildman–Crippen LogP) is 4.97. The molecule has 1 aliphatic heterocycles. The molecule has 2 heteroatoms. The quantitative estimate of drug-likeness (QED) is 0.487. The molecule has 1 aliphatic rings. The summed E-state index contributed by atoms with van der Waals surface area (Å²) >= 11 is 0. The molecule has 0 spiro atoms. The zero-order valence-electron chi connectivity index (χ0n) is 13.4. The number of hydrogen-bond donors (Lipinski definition) is 0. The Morgan fingerprint density at radius 2 is 1.26 bits per heavy atom. The molecule has 0 aliphatic carbocycles. The Kier molecular flexibility index (Phi) is 8.77. The molecule has 0 aromatic rings. The van der Waals surface area contributed by atoms with Gasteiger partial charge in [-0.05, 0) is 19.3 Å². The molecular weight excluding hydrogens is 232 g/mol. The lowest BCUT2D eigenvalue weighted by Gasteiger charge is -2.32. The van der Waals surface area contributed by atoms with E-state index in [0.717, 1.165) is 0 Å². The molecule has 0 bridgehead atoms.